The second kappa shape index (κ2) is 5.52. The summed E-state index contributed by atoms with van der Waals surface area (Å²) in [5, 5.41) is 3.50. The predicted octanol–water partition coefficient (Wildman–Crippen LogP) is 3.58. The first-order valence-corrected chi connectivity index (χ1v) is 5.86. The highest BCUT2D eigenvalue weighted by molar-refractivity contribution is 9.10. The molecule has 0 radical (unpaired) electrons. The Morgan fingerprint density at radius 2 is 2.00 bits per heavy atom. The van der Waals surface area contributed by atoms with Crippen LogP contribution in [0.2, 0.25) is 0 Å². The highest BCUT2D eigenvalue weighted by atomic mass is 79.9. The second-order valence-electron chi connectivity index (χ2n) is 4.04. The number of hydrogen-bond acceptors (Lipinski definition) is 1. The molecule has 2 heteroatoms. The summed E-state index contributed by atoms with van der Waals surface area (Å²) in [7, 11) is 0. The fraction of sp³-hybridized carbons (Fsp3) is 0.500. The number of rotatable bonds is 4. The van der Waals surface area contributed by atoms with Crippen molar-refractivity contribution in [3.63, 3.8) is 0 Å². The van der Waals surface area contributed by atoms with Crippen LogP contribution in [-0.4, -0.2) is 6.04 Å². The summed E-state index contributed by atoms with van der Waals surface area (Å²) < 4.78 is 1.15. The molecule has 0 heterocycles. The normalized spacial score (nSPS) is 13.2. The zero-order chi connectivity index (χ0) is 10.6. The molecule has 1 aromatic rings. The molecule has 1 aromatic carbocycles. The van der Waals surface area contributed by atoms with Crippen LogP contribution in [0.5, 0.6) is 0 Å². The monoisotopic (exact) mass is 255 g/mol. The SMILES string of the molecule is CC(C)[C@H](C)NCc1cccc(Br)c1. The molecule has 0 saturated heterocycles. The summed E-state index contributed by atoms with van der Waals surface area (Å²) in [6, 6.07) is 8.98. The molecule has 0 aliphatic carbocycles. The average Bonchev–Trinajstić information content (AvgIpc) is 2.14. The van der Waals surface area contributed by atoms with E-state index in [1.54, 1.807) is 0 Å². The molecule has 0 fully saturated rings. The molecular weight excluding hydrogens is 238 g/mol. The van der Waals surface area contributed by atoms with Crippen molar-refractivity contribution in [1.82, 2.24) is 5.32 Å². The zero-order valence-corrected chi connectivity index (χ0v) is 10.6. The Morgan fingerprint density at radius 1 is 1.29 bits per heavy atom. The van der Waals surface area contributed by atoms with Crippen LogP contribution < -0.4 is 5.32 Å². The van der Waals surface area contributed by atoms with Gasteiger partial charge in [0.15, 0.2) is 0 Å². The van der Waals surface area contributed by atoms with E-state index < -0.39 is 0 Å². The fourth-order valence-electron chi connectivity index (χ4n) is 1.16. The van der Waals surface area contributed by atoms with Gasteiger partial charge in [0.25, 0.3) is 0 Å². The number of benzene rings is 1. The van der Waals surface area contributed by atoms with Gasteiger partial charge in [-0.25, -0.2) is 0 Å². The van der Waals surface area contributed by atoms with Crippen molar-refractivity contribution in [2.45, 2.75) is 33.4 Å². The van der Waals surface area contributed by atoms with Gasteiger partial charge in [0.1, 0.15) is 0 Å². The highest BCUT2D eigenvalue weighted by Gasteiger charge is 2.05. The first kappa shape index (κ1) is 11.7. The lowest BCUT2D eigenvalue weighted by Gasteiger charge is -2.17. The Bertz CT molecular complexity index is 283. The first-order chi connectivity index (χ1) is 6.59. The minimum absolute atomic E-state index is 0.564. The zero-order valence-electron chi connectivity index (χ0n) is 9.05. The minimum Gasteiger partial charge on any atom is -0.310 e. The largest absolute Gasteiger partial charge is 0.310 e. The van der Waals surface area contributed by atoms with E-state index in [9.17, 15) is 0 Å². The van der Waals surface area contributed by atoms with E-state index in [2.05, 4.69) is 66.3 Å². The van der Waals surface area contributed by atoms with Gasteiger partial charge < -0.3 is 5.32 Å². The van der Waals surface area contributed by atoms with Crippen molar-refractivity contribution in [3.05, 3.63) is 34.3 Å². The van der Waals surface area contributed by atoms with Crippen LogP contribution in [0, 0.1) is 5.92 Å². The summed E-state index contributed by atoms with van der Waals surface area (Å²) in [6.45, 7) is 7.64. The topological polar surface area (TPSA) is 12.0 Å². The highest BCUT2D eigenvalue weighted by Crippen LogP contribution is 2.12. The summed E-state index contributed by atoms with van der Waals surface area (Å²) in [5.74, 6) is 0.683. The number of halogens is 1. The quantitative estimate of drug-likeness (QED) is 0.868. The van der Waals surface area contributed by atoms with Gasteiger partial charge >= 0.3 is 0 Å². The van der Waals surface area contributed by atoms with Gasteiger partial charge in [-0.15, -0.1) is 0 Å². The second-order valence-corrected chi connectivity index (χ2v) is 4.96. The molecule has 0 amide bonds. The first-order valence-electron chi connectivity index (χ1n) is 5.07. The Labute approximate surface area is 95.0 Å². The molecule has 0 spiro atoms. The number of hydrogen-bond donors (Lipinski definition) is 1. The molecule has 1 nitrogen and oxygen atoms in total. The third-order valence-electron chi connectivity index (χ3n) is 2.52. The van der Waals surface area contributed by atoms with Crippen LogP contribution in [0.4, 0.5) is 0 Å². The Balaban J connectivity index is 2.45. The van der Waals surface area contributed by atoms with E-state index in [-0.39, 0.29) is 0 Å². The maximum atomic E-state index is 3.50. The summed E-state index contributed by atoms with van der Waals surface area (Å²) in [6.07, 6.45) is 0. The van der Waals surface area contributed by atoms with Crippen LogP contribution >= 0.6 is 15.9 Å². The minimum atomic E-state index is 0.564. The van der Waals surface area contributed by atoms with E-state index >= 15 is 0 Å². The van der Waals surface area contributed by atoms with Crippen molar-refractivity contribution < 1.29 is 0 Å². The lowest BCUT2D eigenvalue weighted by molar-refractivity contribution is 0.426. The Kier molecular flexibility index (Phi) is 4.63. The van der Waals surface area contributed by atoms with Gasteiger partial charge in [-0.1, -0.05) is 41.9 Å². The van der Waals surface area contributed by atoms with Crippen molar-refractivity contribution >= 4 is 15.9 Å². The van der Waals surface area contributed by atoms with Gasteiger partial charge in [0, 0.05) is 17.1 Å². The van der Waals surface area contributed by atoms with E-state index in [1.165, 1.54) is 5.56 Å². The van der Waals surface area contributed by atoms with Crippen LogP contribution in [0.25, 0.3) is 0 Å². The maximum Gasteiger partial charge on any atom is 0.0208 e. The molecule has 14 heavy (non-hydrogen) atoms. The molecule has 1 rings (SSSR count). The third kappa shape index (κ3) is 3.81. The summed E-state index contributed by atoms with van der Waals surface area (Å²) in [4.78, 5) is 0. The Hall–Kier alpha value is -0.340. The maximum absolute atomic E-state index is 3.50. The van der Waals surface area contributed by atoms with Crippen LogP contribution in [-0.2, 0) is 6.54 Å². The van der Waals surface area contributed by atoms with E-state index in [1.807, 2.05) is 0 Å². The van der Waals surface area contributed by atoms with E-state index in [0.29, 0.717) is 12.0 Å². The average molecular weight is 256 g/mol. The van der Waals surface area contributed by atoms with Crippen LogP contribution in [0.1, 0.15) is 26.3 Å². The molecular formula is C12H18BrN. The molecule has 78 valence electrons. The fourth-order valence-corrected chi connectivity index (χ4v) is 1.61. The third-order valence-corrected chi connectivity index (χ3v) is 3.01. The van der Waals surface area contributed by atoms with Gasteiger partial charge in [0.2, 0.25) is 0 Å². The molecule has 0 saturated carbocycles. The summed E-state index contributed by atoms with van der Waals surface area (Å²) >= 11 is 3.47. The van der Waals surface area contributed by atoms with Gasteiger partial charge in [-0.3, -0.25) is 0 Å². The molecule has 0 unspecified atom stereocenters. The van der Waals surface area contributed by atoms with Crippen molar-refractivity contribution in [2.24, 2.45) is 5.92 Å². The molecule has 1 atom stereocenters. The van der Waals surface area contributed by atoms with Crippen LogP contribution in [0.15, 0.2) is 28.7 Å². The number of nitrogens with one attached hydrogen (secondary N) is 1. The van der Waals surface area contributed by atoms with Crippen molar-refractivity contribution in [2.75, 3.05) is 0 Å². The van der Waals surface area contributed by atoms with E-state index in [0.717, 1.165) is 11.0 Å². The van der Waals surface area contributed by atoms with Gasteiger partial charge in [-0.05, 0) is 30.5 Å². The standard InChI is InChI=1S/C12H18BrN/c1-9(2)10(3)14-8-11-5-4-6-12(13)7-11/h4-7,9-10,14H,8H2,1-3H3/t10-/m0/s1. The molecule has 1 N–H and O–H groups in total. The predicted molar refractivity (Wildman–Crippen MR) is 65.3 cm³/mol. The van der Waals surface area contributed by atoms with Crippen molar-refractivity contribution in [1.29, 1.82) is 0 Å². The Morgan fingerprint density at radius 3 is 2.57 bits per heavy atom. The lowest BCUT2D eigenvalue weighted by atomic mass is 10.1. The van der Waals surface area contributed by atoms with Crippen molar-refractivity contribution in [3.8, 4) is 0 Å². The smallest absolute Gasteiger partial charge is 0.0208 e. The molecule has 0 aliphatic rings. The summed E-state index contributed by atoms with van der Waals surface area (Å²) in [5.41, 5.74) is 1.33. The van der Waals surface area contributed by atoms with Crippen LogP contribution in [0.3, 0.4) is 0 Å². The molecule has 0 aromatic heterocycles. The lowest BCUT2D eigenvalue weighted by Crippen LogP contribution is -2.30. The molecule has 0 bridgehead atoms. The van der Waals surface area contributed by atoms with Gasteiger partial charge in [-0.2, -0.15) is 0 Å². The molecule has 0 aliphatic heterocycles. The van der Waals surface area contributed by atoms with Gasteiger partial charge in [0.05, 0.1) is 0 Å². The van der Waals surface area contributed by atoms with E-state index in [4.69, 9.17) is 0 Å².